The lowest BCUT2D eigenvalue weighted by atomic mass is 10.1. The van der Waals surface area contributed by atoms with Crippen molar-refractivity contribution in [2.45, 2.75) is 20.4 Å². The number of methoxy groups -OCH3 is 1. The summed E-state index contributed by atoms with van der Waals surface area (Å²) in [7, 11) is 3.67. The molecule has 1 unspecified atom stereocenters. The average Bonchev–Trinajstić information content (AvgIpc) is 3.13. The number of aromatic nitrogens is 1. The summed E-state index contributed by atoms with van der Waals surface area (Å²) < 4.78 is 5.20. The Bertz CT molecular complexity index is 930. The second-order valence-corrected chi connectivity index (χ2v) is 7.86. The maximum absolute atomic E-state index is 12.4. The van der Waals surface area contributed by atoms with Crippen LogP contribution in [0.4, 0.5) is 5.69 Å². The lowest BCUT2D eigenvalue weighted by molar-refractivity contribution is -0.885. The van der Waals surface area contributed by atoms with Gasteiger partial charge in [0.05, 0.1) is 14.2 Å². The Labute approximate surface area is 170 Å². The zero-order valence-electron chi connectivity index (χ0n) is 16.7. The minimum atomic E-state index is 0.0144. The molecule has 6 heteroatoms. The van der Waals surface area contributed by atoms with Crippen molar-refractivity contribution >= 4 is 22.9 Å². The van der Waals surface area contributed by atoms with E-state index in [9.17, 15) is 4.79 Å². The number of carbonyl (C=O) groups excluding carboxylic acids is 1. The van der Waals surface area contributed by atoms with Gasteiger partial charge in [0.25, 0.3) is 5.91 Å². The van der Waals surface area contributed by atoms with Crippen LogP contribution in [-0.2, 0) is 11.3 Å². The van der Waals surface area contributed by atoms with E-state index >= 15 is 0 Å². The Morgan fingerprint density at radius 3 is 2.46 bits per heavy atom. The highest BCUT2D eigenvalue weighted by molar-refractivity contribution is 7.13. The molecule has 0 saturated carbocycles. The predicted molar refractivity (Wildman–Crippen MR) is 114 cm³/mol. The summed E-state index contributed by atoms with van der Waals surface area (Å²) in [6.07, 6.45) is 0. The molecule has 2 aromatic carbocycles. The summed E-state index contributed by atoms with van der Waals surface area (Å²) in [6.45, 7) is 5.11. The third-order valence-electron chi connectivity index (χ3n) is 4.58. The summed E-state index contributed by atoms with van der Waals surface area (Å²) in [4.78, 5) is 18.3. The Hall–Kier alpha value is -2.70. The Kier molecular flexibility index (Phi) is 6.44. The van der Waals surface area contributed by atoms with Crippen LogP contribution >= 0.6 is 11.3 Å². The first-order chi connectivity index (χ1) is 13.5. The fourth-order valence-corrected chi connectivity index (χ4v) is 3.92. The molecule has 0 spiro atoms. The minimum Gasteiger partial charge on any atom is -0.497 e. The molecule has 1 atom stereocenters. The smallest absolute Gasteiger partial charge is 0.279 e. The highest BCUT2D eigenvalue weighted by Crippen LogP contribution is 2.25. The molecule has 0 bridgehead atoms. The van der Waals surface area contributed by atoms with E-state index in [1.165, 1.54) is 0 Å². The van der Waals surface area contributed by atoms with E-state index in [1.54, 1.807) is 18.4 Å². The Morgan fingerprint density at radius 1 is 1.14 bits per heavy atom. The quantitative estimate of drug-likeness (QED) is 0.645. The van der Waals surface area contributed by atoms with Crippen molar-refractivity contribution in [1.82, 2.24) is 4.98 Å². The van der Waals surface area contributed by atoms with Gasteiger partial charge in [0.2, 0.25) is 0 Å². The number of amides is 1. The fraction of sp³-hybridized carbons (Fsp3) is 0.273. The number of hydrogen-bond donors (Lipinski definition) is 2. The normalized spacial score (nSPS) is 11.9. The van der Waals surface area contributed by atoms with Gasteiger partial charge >= 0.3 is 0 Å². The molecule has 0 aliphatic rings. The van der Waals surface area contributed by atoms with Gasteiger partial charge in [-0.15, -0.1) is 11.3 Å². The van der Waals surface area contributed by atoms with Gasteiger partial charge in [-0.1, -0.05) is 18.2 Å². The molecule has 0 saturated heterocycles. The number of ether oxygens (including phenoxy) is 1. The first kappa shape index (κ1) is 20.0. The van der Waals surface area contributed by atoms with Crippen LogP contribution in [0.15, 0.2) is 47.8 Å². The number of rotatable bonds is 7. The van der Waals surface area contributed by atoms with E-state index in [2.05, 4.69) is 10.7 Å². The average molecular weight is 397 g/mol. The van der Waals surface area contributed by atoms with Crippen LogP contribution in [0.25, 0.3) is 10.6 Å². The number of carbonyl (C=O) groups is 1. The number of likely N-dealkylation sites (N-methyl/N-ethyl adjacent to an activating group) is 1. The number of hydrogen-bond acceptors (Lipinski definition) is 4. The summed E-state index contributed by atoms with van der Waals surface area (Å²) in [6, 6.07) is 13.9. The van der Waals surface area contributed by atoms with Crippen LogP contribution in [0, 0.1) is 13.8 Å². The second kappa shape index (κ2) is 8.99. The molecule has 0 aliphatic heterocycles. The van der Waals surface area contributed by atoms with Crippen molar-refractivity contribution in [3.63, 3.8) is 0 Å². The van der Waals surface area contributed by atoms with Crippen molar-refractivity contribution < 1.29 is 14.4 Å². The molecule has 3 rings (SSSR count). The van der Waals surface area contributed by atoms with Gasteiger partial charge in [-0.05, 0) is 49.2 Å². The van der Waals surface area contributed by atoms with Crippen LogP contribution in [0.3, 0.4) is 0 Å². The maximum Gasteiger partial charge on any atom is 0.279 e. The van der Waals surface area contributed by atoms with Crippen molar-refractivity contribution in [3.8, 4) is 16.3 Å². The lowest BCUT2D eigenvalue weighted by Crippen LogP contribution is -3.08. The van der Waals surface area contributed by atoms with E-state index in [0.717, 1.165) is 43.7 Å². The van der Waals surface area contributed by atoms with Crippen LogP contribution in [-0.4, -0.2) is 31.6 Å². The number of para-hydroxylation sites is 1. The van der Waals surface area contributed by atoms with Gasteiger partial charge in [-0.2, -0.15) is 0 Å². The fourth-order valence-electron chi connectivity index (χ4n) is 3.10. The standard InChI is InChI=1S/C22H25N3O2S/c1-15-6-5-7-16(2)21(15)24-20(26)13-25(3)12-18-14-28-22(23-18)17-8-10-19(27-4)11-9-17/h5-11,14H,12-13H2,1-4H3,(H,24,26)/p+1. The molecule has 1 aromatic heterocycles. The zero-order valence-corrected chi connectivity index (χ0v) is 17.5. The molecule has 3 aromatic rings. The topological polar surface area (TPSA) is 55.7 Å². The molecular formula is C22H26N3O2S+. The van der Waals surface area contributed by atoms with Gasteiger partial charge in [0.1, 0.15) is 23.0 Å². The number of nitrogens with one attached hydrogen (secondary N) is 2. The van der Waals surface area contributed by atoms with Crippen molar-refractivity contribution in [3.05, 3.63) is 64.7 Å². The van der Waals surface area contributed by atoms with Gasteiger partial charge < -0.3 is 15.0 Å². The summed E-state index contributed by atoms with van der Waals surface area (Å²) in [5.74, 6) is 0.847. The van der Waals surface area contributed by atoms with Crippen molar-refractivity contribution in [2.75, 3.05) is 26.0 Å². The zero-order chi connectivity index (χ0) is 20.1. The maximum atomic E-state index is 12.4. The van der Waals surface area contributed by atoms with Crippen molar-refractivity contribution in [2.24, 2.45) is 0 Å². The molecule has 0 radical (unpaired) electrons. The van der Waals surface area contributed by atoms with Crippen LogP contribution in [0.2, 0.25) is 0 Å². The second-order valence-electron chi connectivity index (χ2n) is 7.00. The van der Waals surface area contributed by atoms with Gasteiger partial charge in [-0.3, -0.25) is 4.79 Å². The molecule has 0 fully saturated rings. The van der Waals surface area contributed by atoms with Crippen LogP contribution < -0.4 is 15.0 Å². The monoisotopic (exact) mass is 396 g/mol. The predicted octanol–water partition coefficient (Wildman–Crippen LogP) is 3.09. The first-order valence-corrected chi connectivity index (χ1v) is 10.1. The molecule has 0 aliphatic carbocycles. The van der Waals surface area contributed by atoms with Crippen molar-refractivity contribution in [1.29, 1.82) is 0 Å². The molecule has 5 nitrogen and oxygen atoms in total. The number of thiazole rings is 1. The summed E-state index contributed by atoms with van der Waals surface area (Å²) >= 11 is 1.62. The molecular weight excluding hydrogens is 370 g/mol. The molecule has 28 heavy (non-hydrogen) atoms. The highest BCUT2D eigenvalue weighted by atomic mass is 32.1. The van der Waals surface area contributed by atoms with Gasteiger partial charge in [-0.25, -0.2) is 4.98 Å². The number of benzene rings is 2. The Morgan fingerprint density at radius 2 is 1.82 bits per heavy atom. The third kappa shape index (κ3) is 4.97. The van der Waals surface area contributed by atoms with E-state index in [-0.39, 0.29) is 5.91 Å². The largest absolute Gasteiger partial charge is 0.497 e. The van der Waals surface area contributed by atoms with Crippen LogP contribution in [0.5, 0.6) is 5.75 Å². The highest BCUT2D eigenvalue weighted by Gasteiger charge is 2.15. The first-order valence-electron chi connectivity index (χ1n) is 9.22. The summed E-state index contributed by atoms with van der Waals surface area (Å²) in [5.41, 5.74) is 5.13. The van der Waals surface area contributed by atoms with E-state index < -0.39 is 0 Å². The van der Waals surface area contributed by atoms with Gasteiger partial charge in [0.15, 0.2) is 6.54 Å². The molecule has 146 valence electrons. The number of quaternary nitrogens is 1. The molecule has 2 N–H and O–H groups in total. The van der Waals surface area contributed by atoms with Gasteiger partial charge in [0, 0.05) is 16.6 Å². The lowest BCUT2D eigenvalue weighted by Gasteiger charge is -2.15. The van der Waals surface area contributed by atoms with E-state index in [0.29, 0.717) is 13.1 Å². The molecule has 1 heterocycles. The third-order valence-corrected chi connectivity index (χ3v) is 5.52. The van der Waals surface area contributed by atoms with Crippen LogP contribution in [0.1, 0.15) is 16.8 Å². The number of anilines is 1. The number of aryl methyl sites for hydroxylation is 2. The SMILES string of the molecule is COc1ccc(-c2nc(C[NH+](C)CC(=O)Nc3c(C)cccc3C)cs2)cc1. The Balaban J connectivity index is 1.58. The summed E-state index contributed by atoms with van der Waals surface area (Å²) in [5, 5.41) is 6.09. The van der Waals surface area contributed by atoms with E-state index in [4.69, 9.17) is 9.72 Å². The minimum absolute atomic E-state index is 0.0144. The molecule has 1 amide bonds. The van der Waals surface area contributed by atoms with E-state index in [1.807, 2.05) is 63.4 Å². The number of nitrogens with zero attached hydrogens (tertiary/aromatic N) is 1.